The molecule has 2 aromatic carbocycles. The van der Waals surface area contributed by atoms with Gasteiger partial charge in [0.15, 0.2) is 0 Å². The number of hydrogen-bond acceptors (Lipinski definition) is 4. The molecule has 0 saturated heterocycles. The van der Waals surface area contributed by atoms with Crippen LogP contribution in [0.4, 0.5) is 0 Å². The third-order valence-electron chi connectivity index (χ3n) is 3.87. The number of nitrogens with one attached hydrogen (secondary N) is 1. The van der Waals surface area contributed by atoms with Crippen LogP contribution in [0.3, 0.4) is 0 Å². The van der Waals surface area contributed by atoms with Crippen LogP contribution in [0.5, 0.6) is 0 Å². The van der Waals surface area contributed by atoms with Crippen molar-refractivity contribution in [2.24, 2.45) is 0 Å². The van der Waals surface area contributed by atoms with Crippen molar-refractivity contribution in [3.8, 4) is 0 Å². The van der Waals surface area contributed by atoms with E-state index in [-0.39, 0.29) is 24.0 Å². The second-order valence-corrected chi connectivity index (χ2v) is 9.57. The Morgan fingerprint density at radius 2 is 1.79 bits per heavy atom. The van der Waals surface area contributed by atoms with Crippen LogP contribution in [0.15, 0.2) is 57.9 Å². The Morgan fingerprint density at radius 3 is 2.36 bits per heavy atom. The van der Waals surface area contributed by atoms with Gasteiger partial charge in [0.1, 0.15) is 0 Å². The molecule has 9 heteroatoms. The molecule has 1 amide bonds. The summed E-state index contributed by atoms with van der Waals surface area (Å²) < 4.78 is 33.2. The van der Waals surface area contributed by atoms with Crippen LogP contribution in [0.2, 0.25) is 5.02 Å². The van der Waals surface area contributed by atoms with Gasteiger partial charge in [0.25, 0.3) is 0 Å². The quantitative estimate of drug-likeness (QED) is 0.585. The molecule has 0 radical (unpaired) electrons. The van der Waals surface area contributed by atoms with Crippen LogP contribution in [-0.2, 0) is 26.1 Å². The highest BCUT2D eigenvalue weighted by Gasteiger charge is 2.27. The minimum atomic E-state index is -3.88. The van der Waals surface area contributed by atoms with Gasteiger partial charge in [0.2, 0.25) is 15.9 Å². The summed E-state index contributed by atoms with van der Waals surface area (Å²) in [6.07, 6.45) is 0. The van der Waals surface area contributed by atoms with Gasteiger partial charge in [-0.25, -0.2) is 8.42 Å². The smallest absolute Gasteiger partial charge is 0.243 e. The van der Waals surface area contributed by atoms with Gasteiger partial charge in [-0.15, -0.1) is 0 Å². The topological polar surface area (TPSA) is 75.7 Å². The number of hydrogen-bond donors (Lipinski definition) is 1. The molecular formula is C19H22BrClN2O4S. The lowest BCUT2D eigenvalue weighted by Crippen LogP contribution is -2.44. The zero-order chi connectivity index (χ0) is 20.7. The highest BCUT2D eigenvalue weighted by molar-refractivity contribution is 9.10. The van der Waals surface area contributed by atoms with Gasteiger partial charge in [0.05, 0.1) is 18.0 Å². The van der Waals surface area contributed by atoms with E-state index in [4.69, 9.17) is 16.3 Å². The van der Waals surface area contributed by atoms with Crippen LogP contribution >= 0.6 is 27.5 Å². The summed E-state index contributed by atoms with van der Waals surface area (Å²) >= 11 is 9.20. The van der Waals surface area contributed by atoms with Crippen LogP contribution in [0.1, 0.15) is 12.5 Å². The molecule has 0 aliphatic carbocycles. The predicted molar refractivity (Wildman–Crippen MR) is 113 cm³/mol. The number of amides is 1. The number of carbonyl (C=O) groups excluding carboxylic acids is 1. The average Bonchev–Trinajstić information content (AvgIpc) is 2.63. The molecule has 0 bridgehead atoms. The number of sulfonamides is 1. The van der Waals surface area contributed by atoms with Crippen molar-refractivity contribution < 1.29 is 17.9 Å². The Kier molecular flexibility index (Phi) is 8.45. The first-order valence-electron chi connectivity index (χ1n) is 8.51. The summed E-state index contributed by atoms with van der Waals surface area (Å²) in [5, 5.41) is 3.29. The predicted octanol–water partition coefficient (Wildman–Crippen LogP) is 3.44. The van der Waals surface area contributed by atoms with E-state index >= 15 is 0 Å². The zero-order valence-electron chi connectivity index (χ0n) is 15.6. The maximum absolute atomic E-state index is 13.1. The Morgan fingerprint density at radius 1 is 1.18 bits per heavy atom. The van der Waals surface area contributed by atoms with E-state index in [1.54, 1.807) is 43.3 Å². The van der Waals surface area contributed by atoms with Gasteiger partial charge in [-0.2, -0.15) is 4.31 Å². The first-order chi connectivity index (χ1) is 13.2. The molecule has 1 N–H and O–H groups in total. The molecule has 0 fully saturated rings. The van der Waals surface area contributed by atoms with E-state index in [0.717, 1.165) is 14.3 Å². The van der Waals surface area contributed by atoms with E-state index in [2.05, 4.69) is 21.2 Å². The largest absolute Gasteiger partial charge is 0.383 e. The molecule has 0 unspecified atom stereocenters. The summed E-state index contributed by atoms with van der Waals surface area (Å²) in [4.78, 5) is 12.5. The first-order valence-corrected chi connectivity index (χ1v) is 11.1. The van der Waals surface area contributed by atoms with E-state index in [0.29, 0.717) is 11.6 Å². The SMILES string of the molecule is COC[C@@H](C)NC(=O)CN(Cc1ccc(Cl)cc1)S(=O)(=O)c1ccc(Br)cc1. The normalized spacial score (nSPS) is 12.8. The van der Waals surface area contributed by atoms with Crippen LogP contribution in [-0.4, -0.2) is 44.9 Å². The van der Waals surface area contributed by atoms with Gasteiger partial charge in [0, 0.05) is 29.2 Å². The van der Waals surface area contributed by atoms with E-state index < -0.39 is 15.9 Å². The van der Waals surface area contributed by atoms with Crippen molar-refractivity contribution in [2.45, 2.75) is 24.4 Å². The number of rotatable bonds is 9. The minimum Gasteiger partial charge on any atom is -0.383 e. The minimum absolute atomic E-state index is 0.0433. The molecule has 0 aliphatic heterocycles. The fourth-order valence-electron chi connectivity index (χ4n) is 2.55. The van der Waals surface area contributed by atoms with Crippen molar-refractivity contribution >= 4 is 43.5 Å². The van der Waals surface area contributed by atoms with Crippen LogP contribution in [0.25, 0.3) is 0 Å². The molecule has 1 atom stereocenters. The molecule has 152 valence electrons. The van der Waals surface area contributed by atoms with Gasteiger partial charge in [-0.1, -0.05) is 39.7 Å². The Bertz CT molecular complexity index is 889. The monoisotopic (exact) mass is 488 g/mol. The summed E-state index contributed by atoms with van der Waals surface area (Å²) in [7, 11) is -2.35. The van der Waals surface area contributed by atoms with Crippen LogP contribution in [0, 0.1) is 0 Å². The Balaban J connectivity index is 2.27. The molecule has 0 heterocycles. The molecule has 0 aromatic heterocycles. The molecule has 0 spiro atoms. The standard InChI is InChI=1S/C19H22BrClN2O4S/c1-14(13-27-2)22-19(24)12-23(11-15-3-7-17(21)8-4-15)28(25,26)18-9-5-16(20)6-10-18/h3-10,14H,11-13H2,1-2H3,(H,22,24)/t14-/m1/s1. The second-order valence-electron chi connectivity index (χ2n) is 6.28. The summed E-state index contributed by atoms with van der Waals surface area (Å²) in [6.45, 7) is 1.85. The fraction of sp³-hybridized carbons (Fsp3) is 0.316. The van der Waals surface area contributed by atoms with Crippen molar-refractivity contribution in [1.29, 1.82) is 0 Å². The summed E-state index contributed by atoms with van der Waals surface area (Å²) in [5.41, 5.74) is 0.725. The highest BCUT2D eigenvalue weighted by Crippen LogP contribution is 2.21. The molecule has 0 saturated carbocycles. The first kappa shape index (κ1) is 22.8. The second kappa shape index (κ2) is 10.4. The number of methoxy groups -OCH3 is 1. The highest BCUT2D eigenvalue weighted by atomic mass is 79.9. The third-order valence-corrected chi connectivity index (χ3v) is 6.45. The number of nitrogens with zero attached hydrogens (tertiary/aromatic N) is 1. The molecule has 28 heavy (non-hydrogen) atoms. The third kappa shape index (κ3) is 6.56. The molecule has 2 aromatic rings. The van der Waals surface area contributed by atoms with E-state index in [9.17, 15) is 13.2 Å². The summed E-state index contributed by atoms with van der Waals surface area (Å²) in [5.74, 6) is -0.404. The average molecular weight is 490 g/mol. The van der Waals surface area contributed by atoms with Gasteiger partial charge in [-0.3, -0.25) is 4.79 Å². The Hall–Kier alpha value is -1.45. The van der Waals surface area contributed by atoms with Gasteiger partial charge < -0.3 is 10.1 Å². The zero-order valence-corrected chi connectivity index (χ0v) is 18.7. The van der Waals surface area contributed by atoms with Gasteiger partial charge >= 0.3 is 0 Å². The van der Waals surface area contributed by atoms with E-state index in [1.165, 1.54) is 19.2 Å². The lowest BCUT2D eigenvalue weighted by Gasteiger charge is -2.23. The Labute approximate surface area is 179 Å². The number of benzene rings is 2. The number of ether oxygens (including phenoxy) is 1. The lowest BCUT2D eigenvalue weighted by molar-refractivity contribution is -0.122. The van der Waals surface area contributed by atoms with Crippen molar-refractivity contribution in [2.75, 3.05) is 20.3 Å². The molecule has 6 nitrogen and oxygen atoms in total. The lowest BCUT2D eigenvalue weighted by atomic mass is 10.2. The summed E-state index contributed by atoms with van der Waals surface area (Å²) in [6, 6.07) is 12.9. The fourth-order valence-corrected chi connectivity index (χ4v) is 4.32. The molecule has 0 aliphatic rings. The molecular weight excluding hydrogens is 468 g/mol. The number of carbonyl (C=O) groups is 1. The molecule has 2 rings (SSSR count). The van der Waals surface area contributed by atoms with E-state index in [1.807, 2.05) is 0 Å². The van der Waals surface area contributed by atoms with Gasteiger partial charge in [-0.05, 0) is 48.9 Å². The van der Waals surface area contributed by atoms with Crippen LogP contribution < -0.4 is 5.32 Å². The van der Waals surface area contributed by atoms with Crippen molar-refractivity contribution in [3.05, 3.63) is 63.6 Å². The van der Waals surface area contributed by atoms with Crippen molar-refractivity contribution in [3.63, 3.8) is 0 Å². The van der Waals surface area contributed by atoms with Crippen molar-refractivity contribution in [1.82, 2.24) is 9.62 Å². The maximum Gasteiger partial charge on any atom is 0.243 e. The maximum atomic E-state index is 13.1. The number of halogens is 2.